The Morgan fingerprint density at radius 1 is 1.25 bits per heavy atom. The maximum Gasteiger partial charge on any atom is 0.227 e. The molecule has 1 fully saturated rings. The molecule has 3 nitrogen and oxygen atoms in total. The van der Waals surface area contributed by atoms with E-state index in [2.05, 4.69) is 19.1 Å². The Morgan fingerprint density at radius 2 is 1.95 bits per heavy atom. The van der Waals surface area contributed by atoms with Gasteiger partial charge in [0.15, 0.2) is 0 Å². The van der Waals surface area contributed by atoms with Crippen molar-refractivity contribution in [2.45, 2.75) is 45.1 Å². The fraction of sp³-hybridized carbons (Fsp3) is 0.588. The average molecular weight is 274 g/mol. The van der Waals surface area contributed by atoms with Crippen molar-refractivity contribution < 1.29 is 4.79 Å². The first-order valence-electron chi connectivity index (χ1n) is 7.80. The third-order valence-electron chi connectivity index (χ3n) is 4.34. The first-order chi connectivity index (χ1) is 9.72. The van der Waals surface area contributed by atoms with Gasteiger partial charge in [-0.3, -0.25) is 4.79 Å². The van der Waals surface area contributed by atoms with Crippen molar-refractivity contribution >= 4 is 5.91 Å². The molecular formula is C17H26N2O. The van der Waals surface area contributed by atoms with E-state index in [4.69, 9.17) is 5.73 Å². The van der Waals surface area contributed by atoms with Gasteiger partial charge in [0, 0.05) is 19.1 Å². The maximum atomic E-state index is 12.6. The SMILES string of the molecule is CCN(CCc1ccccc1)C(=O)C1CCCCC1N. The summed E-state index contributed by atoms with van der Waals surface area (Å²) in [6, 6.07) is 10.4. The predicted octanol–water partition coefficient (Wildman–Crippen LogP) is 2.60. The first-order valence-corrected chi connectivity index (χ1v) is 7.80. The smallest absolute Gasteiger partial charge is 0.227 e. The summed E-state index contributed by atoms with van der Waals surface area (Å²) in [6.45, 7) is 3.62. The summed E-state index contributed by atoms with van der Waals surface area (Å²) in [5.41, 5.74) is 7.42. The third kappa shape index (κ3) is 3.83. The lowest BCUT2D eigenvalue weighted by Crippen LogP contribution is -2.46. The van der Waals surface area contributed by atoms with Gasteiger partial charge in [0.05, 0.1) is 5.92 Å². The van der Waals surface area contributed by atoms with Crippen molar-refractivity contribution in [3.8, 4) is 0 Å². The molecule has 0 heterocycles. The fourth-order valence-electron chi connectivity index (χ4n) is 3.03. The molecule has 1 aromatic rings. The van der Waals surface area contributed by atoms with Gasteiger partial charge in [0.2, 0.25) is 5.91 Å². The van der Waals surface area contributed by atoms with Crippen LogP contribution < -0.4 is 5.73 Å². The van der Waals surface area contributed by atoms with Crippen LogP contribution in [0.3, 0.4) is 0 Å². The van der Waals surface area contributed by atoms with E-state index in [0.717, 1.165) is 38.8 Å². The maximum absolute atomic E-state index is 12.6. The van der Waals surface area contributed by atoms with Crippen LogP contribution in [-0.2, 0) is 11.2 Å². The number of carbonyl (C=O) groups excluding carboxylic acids is 1. The summed E-state index contributed by atoms with van der Waals surface area (Å²) in [5, 5.41) is 0. The van der Waals surface area contributed by atoms with E-state index in [1.165, 1.54) is 12.0 Å². The van der Waals surface area contributed by atoms with Crippen molar-refractivity contribution in [1.29, 1.82) is 0 Å². The van der Waals surface area contributed by atoms with Crippen molar-refractivity contribution in [2.24, 2.45) is 11.7 Å². The zero-order valence-corrected chi connectivity index (χ0v) is 12.4. The van der Waals surface area contributed by atoms with Gasteiger partial charge in [0.1, 0.15) is 0 Å². The van der Waals surface area contributed by atoms with Crippen LogP contribution in [-0.4, -0.2) is 29.9 Å². The average Bonchev–Trinajstić information content (AvgIpc) is 2.49. The molecule has 0 bridgehead atoms. The van der Waals surface area contributed by atoms with E-state index in [0.29, 0.717) is 0 Å². The quantitative estimate of drug-likeness (QED) is 0.897. The molecule has 1 amide bonds. The molecule has 0 radical (unpaired) electrons. The van der Waals surface area contributed by atoms with Crippen LogP contribution in [0.4, 0.5) is 0 Å². The number of nitrogens with zero attached hydrogens (tertiary/aromatic N) is 1. The summed E-state index contributed by atoms with van der Waals surface area (Å²) >= 11 is 0. The minimum Gasteiger partial charge on any atom is -0.342 e. The molecule has 0 saturated heterocycles. The Hall–Kier alpha value is -1.35. The summed E-state index contributed by atoms with van der Waals surface area (Å²) in [7, 11) is 0. The number of hydrogen-bond acceptors (Lipinski definition) is 2. The third-order valence-corrected chi connectivity index (χ3v) is 4.34. The molecule has 20 heavy (non-hydrogen) atoms. The van der Waals surface area contributed by atoms with E-state index >= 15 is 0 Å². The molecule has 0 aliphatic heterocycles. The van der Waals surface area contributed by atoms with Crippen LogP contribution in [0.5, 0.6) is 0 Å². The molecular weight excluding hydrogens is 248 g/mol. The topological polar surface area (TPSA) is 46.3 Å². The van der Waals surface area contributed by atoms with Gasteiger partial charge in [-0.2, -0.15) is 0 Å². The summed E-state index contributed by atoms with van der Waals surface area (Å²) in [5.74, 6) is 0.301. The molecule has 1 aliphatic rings. The molecule has 0 spiro atoms. The lowest BCUT2D eigenvalue weighted by molar-refractivity contribution is -0.136. The highest BCUT2D eigenvalue weighted by Crippen LogP contribution is 2.24. The normalized spacial score (nSPS) is 22.5. The lowest BCUT2D eigenvalue weighted by Gasteiger charge is -2.32. The van der Waals surface area contributed by atoms with Gasteiger partial charge in [-0.1, -0.05) is 43.2 Å². The molecule has 1 saturated carbocycles. The number of nitrogens with two attached hydrogens (primary N) is 1. The Balaban J connectivity index is 1.91. The van der Waals surface area contributed by atoms with E-state index in [-0.39, 0.29) is 17.9 Å². The Morgan fingerprint density at radius 3 is 2.60 bits per heavy atom. The highest BCUT2D eigenvalue weighted by atomic mass is 16.2. The van der Waals surface area contributed by atoms with Gasteiger partial charge < -0.3 is 10.6 Å². The number of hydrogen-bond donors (Lipinski definition) is 1. The minimum atomic E-state index is 0.0412. The van der Waals surface area contributed by atoms with E-state index in [1.54, 1.807) is 0 Å². The second kappa shape index (κ2) is 7.44. The van der Waals surface area contributed by atoms with Crippen molar-refractivity contribution in [3.63, 3.8) is 0 Å². The number of amides is 1. The van der Waals surface area contributed by atoms with Crippen LogP contribution in [0.2, 0.25) is 0 Å². The molecule has 110 valence electrons. The molecule has 3 heteroatoms. The Kier molecular flexibility index (Phi) is 5.60. The molecule has 2 atom stereocenters. The zero-order chi connectivity index (χ0) is 14.4. The minimum absolute atomic E-state index is 0.0412. The van der Waals surface area contributed by atoms with Crippen LogP contribution in [0.1, 0.15) is 38.2 Å². The van der Waals surface area contributed by atoms with Crippen LogP contribution in [0.15, 0.2) is 30.3 Å². The second-order valence-electron chi connectivity index (χ2n) is 5.71. The number of likely N-dealkylation sites (N-methyl/N-ethyl adjacent to an activating group) is 1. The summed E-state index contributed by atoms with van der Waals surface area (Å²) < 4.78 is 0. The van der Waals surface area contributed by atoms with Gasteiger partial charge in [-0.25, -0.2) is 0 Å². The number of carbonyl (C=O) groups is 1. The zero-order valence-electron chi connectivity index (χ0n) is 12.4. The molecule has 0 aromatic heterocycles. The van der Waals surface area contributed by atoms with E-state index in [1.807, 2.05) is 23.1 Å². The molecule has 2 N–H and O–H groups in total. The summed E-state index contributed by atoms with van der Waals surface area (Å²) in [6.07, 6.45) is 5.18. The van der Waals surface area contributed by atoms with E-state index < -0.39 is 0 Å². The number of rotatable bonds is 5. The monoisotopic (exact) mass is 274 g/mol. The van der Waals surface area contributed by atoms with Crippen molar-refractivity contribution in [3.05, 3.63) is 35.9 Å². The van der Waals surface area contributed by atoms with E-state index in [9.17, 15) is 4.79 Å². The van der Waals surface area contributed by atoms with Gasteiger partial charge >= 0.3 is 0 Å². The summed E-state index contributed by atoms with van der Waals surface area (Å²) in [4.78, 5) is 14.6. The fourth-order valence-corrected chi connectivity index (χ4v) is 3.03. The first kappa shape index (κ1) is 15.0. The van der Waals surface area contributed by atoms with Gasteiger partial charge in [0.25, 0.3) is 0 Å². The van der Waals surface area contributed by atoms with Crippen molar-refractivity contribution in [2.75, 3.05) is 13.1 Å². The highest BCUT2D eigenvalue weighted by molar-refractivity contribution is 5.79. The standard InChI is InChI=1S/C17H26N2O/c1-2-19(13-12-14-8-4-3-5-9-14)17(20)15-10-6-7-11-16(15)18/h3-5,8-9,15-16H,2,6-7,10-13,18H2,1H3. The van der Waals surface area contributed by atoms with Crippen LogP contribution >= 0.6 is 0 Å². The molecule has 1 aromatic carbocycles. The second-order valence-corrected chi connectivity index (χ2v) is 5.71. The van der Waals surface area contributed by atoms with Crippen LogP contribution in [0.25, 0.3) is 0 Å². The van der Waals surface area contributed by atoms with Gasteiger partial charge in [-0.05, 0) is 31.7 Å². The highest BCUT2D eigenvalue weighted by Gasteiger charge is 2.30. The predicted molar refractivity (Wildman–Crippen MR) is 82.3 cm³/mol. The Labute approximate surface area is 122 Å². The van der Waals surface area contributed by atoms with Crippen LogP contribution in [0, 0.1) is 5.92 Å². The molecule has 2 unspecified atom stereocenters. The van der Waals surface area contributed by atoms with Gasteiger partial charge in [-0.15, -0.1) is 0 Å². The Bertz CT molecular complexity index is 418. The number of benzene rings is 1. The molecule has 2 rings (SSSR count). The largest absolute Gasteiger partial charge is 0.342 e. The lowest BCUT2D eigenvalue weighted by atomic mass is 9.84. The van der Waals surface area contributed by atoms with Crippen molar-refractivity contribution in [1.82, 2.24) is 4.90 Å². The molecule has 1 aliphatic carbocycles.